The molecule has 4 heteroatoms. The van der Waals surface area contributed by atoms with E-state index in [2.05, 4.69) is 25.8 Å². The number of hydrogen-bond donors (Lipinski definition) is 1. The lowest BCUT2D eigenvalue weighted by Gasteiger charge is -2.17. The van der Waals surface area contributed by atoms with Gasteiger partial charge in [0.25, 0.3) is 0 Å². The Labute approximate surface area is 107 Å². The van der Waals surface area contributed by atoms with E-state index in [0.717, 1.165) is 22.6 Å². The third-order valence-corrected chi connectivity index (χ3v) is 3.09. The number of fused-ring (bicyclic) bond motifs is 1. The van der Waals surface area contributed by atoms with Crippen LogP contribution in [0.25, 0.3) is 5.65 Å². The van der Waals surface area contributed by atoms with Crippen molar-refractivity contribution in [1.82, 2.24) is 9.38 Å². The molecular formula is C13H18ClN3. The molecule has 0 fully saturated rings. The van der Waals surface area contributed by atoms with Gasteiger partial charge in [0, 0.05) is 18.2 Å². The Kier molecular flexibility index (Phi) is 2.92. The van der Waals surface area contributed by atoms with Crippen molar-refractivity contribution in [2.24, 2.45) is 5.73 Å². The highest BCUT2D eigenvalue weighted by Gasteiger charge is 2.23. The molecule has 0 amide bonds. The molecule has 3 nitrogen and oxygen atoms in total. The van der Waals surface area contributed by atoms with Gasteiger partial charge in [-0.3, -0.25) is 0 Å². The molecule has 2 rings (SSSR count). The second kappa shape index (κ2) is 4.00. The molecule has 0 aromatic carbocycles. The minimum absolute atomic E-state index is 0.0298. The van der Waals surface area contributed by atoms with Crippen molar-refractivity contribution >= 4 is 17.2 Å². The molecule has 2 heterocycles. The second-order valence-electron chi connectivity index (χ2n) is 5.42. The van der Waals surface area contributed by atoms with Gasteiger partial charge < -0.3 is 10.1 Å². The summed E-state index contributed by atoms with van der Waals surface area (Å²) in [5, 5.41) is 0.676. The highest BCUT2D eigenvalue weighted by Crippen LogP contribution is 2.29. The summed E-state index contributed by atoms with van der Waals surface area (Å²) in [5.41, 5.74) is 9.79. The molecule has 0 aliphatic rings. The second-order valence-corrected chi connectivity index (χ2v) is 5.83. The SMILES string of the molecule is Cc1cc(Cl)c2nc(C(C)(C)C)c(CN)n2c1. The van der Waals surface area contributed by atoms with E-state index in [1.807, 2.05) is 23.6 Å². The zero-order valence-corrected chi connectivity index (χ0v) is 11.5. The van der Waals surface area contributed by atoms with Gasteiger partial charge in [0.15, 0.2) is 5.65 Å². The molecule has 0 unspecified atom stereocenters. The molecule has 0 saturated carbocycles. The zero-order valence-electron chi connectivity index (χ0n) is 10.7. The number of halogens is 1. The number of aryl methyl sites for hydroxylation is 1. The molecule has 2 aromatic rings. The molecule has 0 saturated heterocycles. The van der Waals surface area contributed by atoms with Gasteiger partial charge in [0.05, 0.1) is 16.4 Å². The van der Waals surface area contributed by atoms with Crippen molar-refractivity contribution in [2.75, 3.05) is 0 Å². The number of pyridine rings is 1. The summed E-state index contributed by atoms with van der Waals surface area (Å²) in [5.74, 6) is 0. The number of nitrogens with zero attached hydrogens (tertiary/aromatic N) is 2. The first-order chi connectivity index (χ1) is 7.84. The van der Waals surface area contributed by atoms with Crippen molar-refractivity contribution < 1.29 is 0 Å². The lowest BCUT2D eigenvalue weighted by molar-refractivity contribution is 0.564. The van der Waals surface area contributed by atoms with Gasteiger partial charge in [-0.1, -0.05) is 32.4 Å². The fourth-order valence-electron chi connectivity index (χ4n) is 2.07. The number of rotatable bonds is 1. The molecule has 0 atom stereocenters. The summed E-state index contributed by atoms with van der Waals surface area (Å²) in [7, 11) is 0. The monoisotopic (exact) mass is 251 g/mol. The predicted octanol–water partition coefficient (Wildman–Crippen LogP) is 3.05. The first-order valence-corrected chi connectivity index (χ1v) is 6.10. The average Bonchev–Trinajstić information content (AvgIpc) is 2.55. The van der Waals surface area contributed by atoms with E-state index in [1.165, 1.54) is 0 Å². The van der Waals surface area contributed by atoms with E-state index in [1.54, 1.807) is 0 Å². The van der Waals surface area contributed by atoms with Crippen molar-refractivity contribution in [2.45, 2.75) is 39.7 Å². The van der Waals surface area contributed by atoms with Gasteiger partial charge in [-0.05, 0) is 18.6 Å². The highest BCUT2D eigenvalue weighted by atomic mass is 35.5. The standard InChI is InChI=1S/C13H18ClN3/c1-8-5-9(14)12-16-11(13(2,3)4)10(6-15)17(12)7-8/h5,7H,6,15H2,1-4H3. The third kappa shape index (κ3) is 2.05. The summed E-state index contributed by atoms with van der Waals surface area (Å²) in [4.78, 5) is 4.65. The van der Waals surface area contributed by atoms with E-state index < -0.39 is 0 Å². The number of hydrogen-bond acceptors (Lipinski definition) is 2. The van der Waals surface area contributed by atoms with Gasteiger partial charge in [-0.2, -0.15) is 0 Å². The summed E-state index contributed by atoms with van der Waals surface area (Å²) < 4.78 is 2.01. The third-order valence-electron chi connectivity index (χ3n) is 2.81. The summed E-state index contributed by atoms with van der Waals surface area (Å²) in [6, 6.07) is 1.93. The smallest absolute Gasteiger partial charge is 0.156 e. The van der Waals surface area contributed by atoms with Crippen LogP contribution in [0.2, 0.25) is 5.02 Å². The first kappa shape index (κ1) is 12.4. The molecule has 0 aliphatic carbocycles. The van der Waals surface area contributed by atoms with Crippen LogP contribution < -0.4 is 5.73 Å². The largest absolute Gasteiger partial charge is 0.325 e. The molecule has 2 aromatic heterocycles. The number of nitrogens with two attached hydrogens (primary N) is 1. The molecule has 92 valence electrons. The van der Waals surface area contributed by atoms with E-state index in [4.69, 9.17) is 17.3 Å². The number of imidazole rings is 1. The quantitative estimate of drug-likeness (QED) is 0.847. The van der Waals surface area contributed by atoms with Crippen LogP contribution in [0.4, 0.5) is 0 Å². The predicted molar refractivity (Wildman–Crippen MR) is 71.5 cm³/mol. The lowest BCUT2D eigenvalue weighted by atomic mass is 9.91. The molecule has 0 aliphatic heterocycles. The van der Waals surface area contributed by atoms with Gasteiger partial charge in [0.1, 0.15) is 0 Å². The van der Waals surface area contributed by atoms with Gasteiger partial charge in [0.2, 0.25) is 0 Å². The van der Waals surface area contributed by atoms with Crippen molar-refractivity contribution in [3.63, 3.8) is 0 Å². The Balaban J connectivity index is 2.85. The van der Waals surface area contributed by atoms with Crippen LogP contribution in [0.3, 0.4) is 0 Å². The Morgan fingerprint density at radius 3 is 2.59 bits per heavy atom. The maximum atomic E-state index is 6.23. The Morgan fingerprint density at radius 2 is 2.06 bits per heavy atom. The zero-order chi connectivity index (χ0) is 12.8. The van der Waals surface area contributed by atoms with Gasteiger partial charge >= 0.3 is 0 Å². The minimum Gasteiger partial charge on any atom is -0.325 e. The molecule has 0 radical (unpaired) electrons. The minimum atomic E-state index is -0.0298. The molecule has 0 bridgehead atoms. The van der Waals surface area contributed by atoms with Crippen molar-refractivity contribution in [3.05, 3.63) is 34.2 Å². The Hall–Kier alpha value is -1.06. The number of aromatic nitrogens is 2. The van der Waals surface area contributed by atoms with Crippen molar-refractivity contribution in [3.8, 4) is 0 Å². The first-order valence-electron chi connectivity index (χ1n) is 5.72. The maximum Gasteiger partial charge on any atom is 0.156 e. The van der Waals surface area contributed by atoms with Crippen LogP contribution in [0.5, 0.6) is 0 Å². The molecular weight excluding hydrogens is 234 g/mol. The summed E-state index contributed by atoms with van der Waals surface area (Å²) in [6.07, 6.45) is 2.03. The summed E-state index contributed by atoms with van der Waals surface area (Å²) in [6.45, 7) is 8.88. The topological polar surface area (TPSA) is 43.3 Å². The van der Waals surface area contributed by atoms with Crippen LogP contribution in [0, 0.1) is 6.92 Å². The molecule has 2 N–H and O–H groups in total. The van der Waals surface area contributed by atoms with Crippen LogP contribution in [0.15, 0.2) is 12.3 Å². The fraction of sp³-hybridized carbons (Fsp3) is 0.462. The van der Waals surface area contributed by atoms with E-state index in [9.17, 15) is 0 Å². The Bertz CT molecular complexity index is 564. The lowest BCUT2D eigenvalue weighted by Crippen LogP contribution is -2.16. The van der Waals surface area contributed by atoms with E-state index >= 15 is 0 Å². The van der Waals surface area contributed by atoms with E-state index in [0.29, 0.717) is 11.6 Å². The fourth-order valence-corrected chi connectivity index (χ4v) is 2.38. The van der Waals surface area contributed by atoms with Crippen LogP contribution in [-0.4, -0.2) is 9.38 Å². The normalized spacial score (nSPS) is 12.4. The van der Waals surface area contributed by atoms with Gasteiger partial charge in [-0.15, -0.1) is 0 Å². The van der Waals surface area contributed by atoms with Crippen LogP contribution in [0.1, 0.15) is 37.7 Å². The van der Waals surface area contributed by atoms with Gasteiger partial charge in [-0.25, -0.2) is 4.98 Å². The van der Waals surface area contributed by atoms with Crippen molar-refractivity contribution in [1.29, 1.82) is 0 Å². The van der Waals surface area contributed by atoms with E-state index in [-0.39, 0.29) is 5.41 Å². The molecule has 17 heavy (non-hydrogen) atoms. The van der Waals surface area contributed by atoms with Crippen LogP contribution >= 0.6 is 11.6 Å². The Morgan fingerprint density at radius 1 is 1.41 bits per heavy atom. The van der Waals surface area contributed by atoms with Crippen LogP contribution in [-0.2, 0) is 12.0 Å². The highest BCUT2D eigenvalue weighted by molar-refractivity contribution is 6.33. The average molecular weight is 252 g/mol. The maximum absolute atomic E-state index is 6.23. The summed E-state index contributed by atoms with van der Waals surface area (Å²) >= 11 is 6.23. The molecule has 0 spiro atoms.